The highest BCUT2D eigenvalue weighted by atomic mass is 16.7. The van der Waals surface area contributed by atoms with Crippen LogP contribution >= 0.6 is 0 Å². The van der Waals surface area contributed by atoms with Gasteiger partial charge in [-0.15, -0.1) is 0 Å². The van der Waals surface area contributed by atoms with Crippen LogP contribution in [-0.2, 0) is 34.0 Å². The Hall–Kier alpha value is -3.61. The Morgan fingerprint density at radius 2 is 1.68 bits per heavy atom. The summed E-state index contributed by atoms with van der Waals surface area (Å²) in [6.07, 6.45) is 1.86. The summed E-state index contributed by atoms with van der Waals surface area (Å²) in [6, 6.07) is 25.1. The van der Waals surface area contributed by atoms with Gasteiger partial charge in [0.1, 0.15) is 5.75 Å². The number of aliphatic hydroxyl groups excluding tert-OH is 1. The predicted octanol–water partition coefficient (Wildman–Crippen LogP) is 4.43. The standard InChI is InChI=1S/C28H29NO5/c1-32-25-13-11-23(12-14-25)24-15-26(28(31)29-17-20-5-3-2-4-6-20)34-27(16-24)33-19-22-9-7-21(18-30)8-10-22/h2-15,24,27,30H,16-19H2,1H3,(H,29,31)/t24-,27+/m0/s1. The molecule has 3 aromatic carbocycles. The third-order valence-corrected chi connectivity index (χ3v) is 5.76. The molecular formula is C28H29NO5. The summed E-state index contributed by atoms with van der Waals surface area (Å²) >= 11 is 0. The van der Waals surface area contributed by atoms with Gasteiger partial charge in [0.25, 0.3) is 5.91 Å². The zero-order valence-electron chi connectivity index (χ0n) is 19.1. The molecule has 0 bridgehead atoms. The minimum absolute atomic E-state index is 0.00264. The van der Waals surface area contributed by atoms with Gasteiger partial charge in [-0.05, 0) is 40.5 Å². The fourth-order valence-electron chi connectivity index (χ4n) is 3.80. The highest BCUT2D eigenvalue weighted by Gasteiger charge is 2.29. The minimum Gasteiger partial charge on any atom is -0.497 e. The molecule has 1 aliphatic heterocycles. The van der Waals surface area contributed by atoms with E-state index in [-0.39, 0.29) is 24.2 Å². The molecule has 4 rings (SSSR count). The zero-order valence-corrected chi connectivity index (χ0v) is 19.1. The van der Waals surface area contributed by atoms with Crippen molar-refractivity contribution in [2.45, 2.75) is 38.4 Å². The summed E-state index contributed by atoms with van der Waals surface area (Å²) in [7, 11) is 1.63. The second-order valence-electron chi connectivity index (χ2n) is 8.15. The van der Waals surface area contributed by atoms with Crippen LogP contribution < -0.4 is 10.1 Å². The highest BCUT2D eigenvalue weighted by molar-refractivity contribution is 5.91. The number of nitrogens with one attached hydrogen (secondary N) is 1. The van der Waals surface area contributed by atoms with Gasteiger partial charge in [0, 0.05) is 18.9 Å². The molecule has 1 heterocycles. The van der Waals surface area contributed by atoms with Gasteiger partial charge in [0.2, 0.25) is 6.29 Å². The van der Waals surface area contributed by atoms with E-state index >= 15 is 0 Å². The first-order valence-corrected chi connectivity index (χ1v) is 11.3. The third-order valence-electron chi connectivity index (χ3n) is 5.76. The van der Waals surface area contributed by atoms with Crippen molar-refractivity contribution in [3.8, 4) is 5.75 Å². The van der Waals surface area contributed by atoms with Crippen molar-refractivity contribution < 1.29 is 24.1 Å². The number of allylic oxidation sites excluding steroid dienone is 1. The molecule has 3 aromatic rings. The molecule has 0 spiro atoms. The van der Waals surface area contributed by atoms with Crippen LogP contribution in [0.1, 0.15) is 34.6 Å². The van der Waals surface area contributed by atoms with E-state index in [2.05, 4.69) is 5.32 Å². The zero-order chi connectivity index (χ0) is 23.8. The van der Waals surface area contributed by atoms with E-state index in [0.717, 1.165) is 28.0 Å². The molecular weight excluding hydrogens is 430 g/mol. The van der Waals surface area contributed by atoms with Gasteiger partial charge in [-0.1, -0.05) is 66.7 Å². The van der Waals surface area contributed by atoms with E-state index < -0.39 is 6.29 Å². The van der Waals surface area contributed by atoms with Crippen LogP contribution in [0.2, 0.25) is 0 Å². The lowest BCUT2D eigenvalue weighted by Gasteiger charge is -2.29. The lowest BCUT2D eigenvalue weighted by molar-refractivity contribution is -0.150. The molecule has 0 fully saturated rings. The van der Waals surface area contributed by atoms with Crippen molar-refractivity contribution in [1.82, 2.24) is 5.32 Å². The number of hydrogen-bond donors (Lipinski definition) is 2. The van der Waals surface area contributed by atoms with Gasteiger partial charge in [-0.25, -0.2) is 0 Å². The number of benzene rings is 3. The molecule has 6 nitrogen and oxygen atoms in total. The van der Waals surface area contributed by atoms with Gasteiger partial charge in [-0.3, -0.25) is 4.79 Å². The molecule has 6 heteroatoms. The summed E-state index contributed by atoms with van der Waals surface area (Å²) < 4.78 is 17.3. The van der Waals surface area contributed by atoms with Crippen molar-refractivity contribution in [2.75, 3.05) is 7.11 Å². The summed E-state index contributed by atoms with van der Waals surface area (Å²) in [5.41, 5.74) is 3.88. The normalized spacial score (nSPS) is 17.4. The topological polar surface area (TPSA) is 77.0 Å². The van der Waals surface area contributed by atoms with Gasteiger partial charge < -0.3 is 24.6 Å². The molecule has 1 amide bonds. The molecule has 34 heavy (non-hydrogen) atoms. The molecule has 1 aliphatic rings. The largest absolute Gasteiger partial charge is 0.497 e. The molecule has 2 atom stereocenters. The second kappa shape index (κ2) is 11.5. The van der Waals surface area contributed by atoms with E-state index in [1.807, 2.05) is 84.9 Å². The number of ether oxygens (including phenoxy) is 3. The molecule has 0 saturated heterocycles. The lowest BCUT2D eigenvalue weighted by atomic mass is 9.93. The average molecular weight is 460 g/mol. The van der Waals surface area contributed by atoms with Crippen LogP contribution in [0.4, 0.5) is 0 Å². The summed E-state index contributed by atoms with van der Waals surface area (Å²) in [6.45, 7) is 0.754. The fourth-order valence-corrected chi connectivity index (χ4v) is 3.80. The fraction of sp³-hybridized carbons (Fsp3) is 0.250. The van der Waals surface area contributed by atoms with Gasteiger partial charge in [-0.2, -0.15) is 0 Å². The van der Waals surface area contributed by atoms with Crippen LogP contribution in [0.5, 0.6) is 5.75 Å². The Morgan fingerprint density at radius 1 is 0.971 bits per heavy atom. The van der Waals surface area contributed by atoms with E-state index in [4.69, 9.17) is 14.2 Å². The van der Waals surface area contributed by atoms with E-state index in [1.165, 1.54) is 0 Å². The maximum atomic E-state index is 12.9. The molecule has 0 aliphatic carbocycles. The third kappa shape index (κ3) is 6.25. The first kappa shape index (κ1) is 23.5. The van der Waals surface area contributed by atoms with Crippen LogP contribution in [-0.4, -0.2) is 24.4 Å². The number of carbonyl (C=O) groups excluding carboxylic acids is 1. The maximum Gasteiger partial charge on any atom is 0.286 e. The first-order valence-electron chi connectivity index (χ1n) is 11.3. The molecule has 0 radical (unpaired) electrons. The van der Waals surface area contributed by atoms with Crippen molar-refractivity contribution in [3.63, 3.8) is 0 Å². The summed E-state index contributed by atoms with van der Waals surface area (Å²) in [4.78, 5) is 12.9. The highest BCUT2D eigenvalue weighted by Crippen LogP contribution is 2.32. The molecule has 0 saturated carbocycles. The van der Waals surface area contributed by atoms with Gasteiger partial charge in [0.15, 0.2) is 5.76 Å². The van der Waals surface area contributed by atoms with Crippen LogP contribution in [0, 0.1) is 0 Å². The Morgan fingerprint density at radius 3 is 2.35 bits per heavy atom. The van der Waals surface area contributed by atoms with Crippen LogP contribution in [0.25, 0.3) is 0 Å². The molecule has 2 N–H and O–H groups in total. The number of methoxy groups -OCH3 is 1. The van der Waals surface area contributed by atoms with Crippen molar-refractivity contribution in [3.05, 3.63) is 113 Å². The second-order valence-corrected chi connectivity index (χ2v) is 8.15. The first-order chi connectivity index (χ1) is 16.6. The van der Waals surface area contributed by atoms with Crippen molar-refractivity contribution >= 4 is 5.91 Å². The Bertz CT molecular complexity index is 1090. The number of rotatable bonds is 9. The lowest BCUT2D eigenvalue weighted by Crippen LogP contribution is -2.32. The van der Waals surface area contributed by atoms with Crippen LogP contribution in [0.3, 0.4) is 0 Å². The van der Waals surface area contributed by atoms with Crippen LogP contribution in [0.15, 0.2) is 90.7 Å². The van der Waals surface area contributed by atoms with E-state index in [0.29, 0.717) is 19.6 Å². The minimum atomic E-state index is -0.577. The summed E-state index contributed by atoms with van der Waals surface area (Å²) in [5, 5.41) is 12.2. The number of hydrogen-bond acceptors (Lipinski definition) is 5. The van der Waals surface area contributed by atoms with E-state index in [9.17, 15) is 9.90 Å². The molecule has 176 valence electrons. The average Bonchev–Trinajstić information content (AvgIpc) is 2.91. The SMILES string of the molecule is COc1ccc([C@H]2C=C(C(=O)NCc3ccccc3)O[C@@H](OCc3ccc(CO)cc3)C2)cc1. The predicted molar refractivity (Wildman–Crippen MR) is 129 cm³/mol. The maximum absolute atomic E-state index is 12.9. The summed E-state index contributed by atoms with van der Waals surface area (Å²) in [5.74, 6) is 0.713. The number of amides is 1. The van der Waals surface area contributed by atoms with Crippen molar-refractivity contribution in [1.29, 1.82) is 0 Å². The van der Waals surface area contributed by atoms with E-state index in [1.54, 1.807) is 7.11 Å². The number of aliphatic hydroxyl groups is 1. The smallest absolute Gasteiger partial charge is 0.286 e. The molecule has 0 aromatic heterocycles. The Kier molecular flexibility index (Phi) is 7.96. The molecule has 0 unspecified atom stereocenters. The Labute approximate surface area is 199 Å². The van der Waals surface area contributed by atoms with Crippen molar-refractivity contribution in [2.24, 2.45) is 0 Å². The monoisotopic (exact) mass is 459 g/mol. The quantitative estimate of drug-likeness (QED) is 0.495. The number of carbonyl (C=O) groups is 1. The van der Waals surface area contributed by atoms with Gasteiger partial charge in [0.05, 0.1) is 20.3 Å². The van der Waals surface area contributed by atoms with Gasteiger partial charge >= 0.3 is 0 Å². The Balaban J connectivity index is 1.47.